The van der Waals surface area contributed by atoms with Crippen LogP contribution in [0.25, 0.3) is 0 Å². The number of thiophene rings is 1. The maximum absolute atomic E-state index is 5.64. The van der Waals surface area contributed by atoms with E-state index in [-0.39, 0.29) is 12.1 Å². The van der Waals surface area contributed by atoms with Gasteiger partial charge in [0.25, 0.3) is 0 Å². The van der Waals surface area contributed by atoms with Gasteiger partial charge in [0, 0.05) is 31.0 Å². The molecule has 2 atom stereocenters. The Morgan fingerprint density at radius 2 is 1.88 bits per heavy atom. The molecule has 0 aromatic carbocycles. The van der Waals surface area contributed by atoms with Crippen molar-refractivity contribution in [1.82, 2.24) is 4.57 Å². The average molecular weight is 251 g/mol. The van der Waals surface area contributed by atoms with Gasteiger partial charge in [-0.3, -0.25) is 0 Å². The van der Waals surface area contributed by atoms with Crippen molar-refractivity contribution in [3.63, 3.8) is 0 Å². The maximum Gasteiger partial charge on any atom is 0.0421 e. The molecule has 4 heteroatoms. The Balaban J connectivity index is 0.000000171. The van der Waals surface area contributed by atoms with E-state index in [2.05, 4.69) is 11.4 Å². The Labute approximate surface area is 107 Å². The molecular weight excluding hydrogens is 230 g/mol. The van der Waals surface area contributed by atoms with E-state index >= 15 is 0 Å². The van der Waals surface area contributed by atoms with Gasteiger partial charge in [-0.1, -0.05) is 0 Å². The van der Waals surface area contributed by atoms with Crippen molar-refractivity contribution in [1.29, 1.82) is 0 Å². The van der Waals surface area contributed by atoms with Crippen molar-refractivity contribution >= 4 is 11.3 Å². The van der Waals surface area contributed by atoms with Crippen LogP contribution in [0.3, 0.4) is 0 Å². The van der Waals surface area contributed by atoms with Crippen molar-refractivity contribution in [2.75, 3.05) is 0 Å². The second-order valence-corrected chi connectivity index (χ2v) is 4.96. The van der Waals surface area contributed by atoms with E-state index in [0.717, 1.165) is 0 Å². The molecular formula is C13H21N3S. The minimum absolute atomic E-state index is 0.144. The summed E-state index contributed by atoms with van der Waals surface area (Å²) in [5.74, 6) is 0. The third kappa shape index (κ3) is 4.34. The van der Waals surface area contributed by atoms with Gasteiger partial charge in [-0.2, -0.15) is 11.3 Å². The first kappa shape index (κ1) is 14.0. The lowest BCUT2D eigenvalue weighted by atomic mass is 10.2. The fourth-order valence-corrected chi connectivity index (χ4v) is 2.25. The summed E-state index contributed by atoms with van der Waals surface area (Å²) in [6.07, 6.45) is 2.00. The van der Waals surface area contributed by atoms with Gasteiger partial charge in [-0.25, -0.2) is 0 Å². The normalized spacial score (nSPS) is 13.7. The van der Waals surface area contributed by atoms with Crippen LogP contribution in [0.5, 0.6) is 0 Å². The molecule has 0 spiro atoms. The van der Waals surface area contributed by atoms with Crippen LogP contribution in [0.2, 0.25) is 0 Å². The zero-order chi connectivity index (χ0) is 12.8. The molecule has 0 saturated carbocycles. The van der Waals surface area contributed by atoms with Gasteiger partial charge in [0.1, 0.15) is 0 Å². The molecule has 0 aliphatic carbocycles. The summed E-state index contributed by atoms with van der Waals surface area (Å²) in [4.78, 5) is 0. The van der Waals surface area contributed by atoms with Crippen LogP contribution in [0.1, 0.15) is 37.2 Å². The fourth-order valence-electron chi connectivity index (χ4n) is 1.48. The summed E-state index contributed by atoms with van der Waals surface area (Å²) in [5.41, 5.74) is 13.6. The summed E-state index contributed by atoms with van der Waals surface area (Å²) < 4.78 is 2.03. The molecule has 2 aromatic rings. The number of aryl methyl sites for hydroxylation is 1. The number of hydrogen-bond acceptors (Lipinski definition) is 3. The molecule has 3 nitrogen and oxygen atoms in total. The number of aromatic nitrogens is 1. The van der Waals surface area contributed by atoms with E-state index in [1.54, 1.807) is 11.3 Å². The highest BCUT2D eigenvalue weighted by Gasteiger charge is 1.99. The molecule has 17 heavy (non-hydrogen) atoms. The van der Waals surface area contributed by atoms with E-state index in [4.69, 9.17) is 11.5 Å². The van der Waals surface area contributed by atoms with Crippen LogP contribution in [0, 0.1) is 0 Å². The Bertz CT molecular complexity index is 416. The number of rotatable bonds is 2. The van der Waals surface area contributed by atoms with Crippen molar-refractivity contribution in [2.24, 2.45) is 18.5 Å². The number of nitrogens with zero attached hydrogens (tertiary/aromatic N) is 1. The van der Waals surface area contributed by atoms with Crippen LogP contribution in [-0.2, 0) is 7.05 Å². The van der Waals surface area contributed by atoms with Crippen LogP contribution in [-0.4, -0.2) is 4.57 Å². The Kier molecular flexibility index (Phi) is 5.41. The molecule has 0 amide bonds. The molecule has 4 N–H and O–H groups in total. The highest BCUT2D eigenvalue weighted by molar-refractivity contribution is 7.07. The maximum atomic E-state index is 5.64. The molecule has 0 radical (unpaired) electrons. The van der Waals surface area contributed by atoms with E-state index in [1.807, 2.05) is 49.2 Å². The molecule has 0 saturated heterocycles. The van der Waals surface area contributed by atoms with Crippen molar-refractivity contribution in [2.45, 2.75) is 25.9 Å². The minimum Gasteiger partial charge on any atom is -0.353 e. The quantitative estimate of drug-likeness (QED) is 0.862. The molecule has 2 heterocycles. The summed E-state index contributed by atoms with van der Waals surface area (Å²) in [6.45, 7) is 3.97. The summed E-state index contributed by atoms with van der Waals surface area (Å²) >= 11 is 1.69. The van der Waals surface area contributed by atoms with Gasteiger partial charge in [-0.15, -0.1) is 0 Å². The molecule has 94 valence electrons. The lowest BCUT2D eigenvalue weighted by molar-refractivity contribution is 0.715. The Hall–Kier alpha value is -1.10. The predicted molar refractivity (Wildman–Crippen MR) is 74.9 cm³/mol. The van der Waals surface area contributed by atoms with Gasteiger partial charge in [0.05, 0.1) is 0 Å². The Morgan fingerprint density at radius 1 is 1.18 bits per heavy atom. The molecule has 0 fully saturated rings. The standard InChI is InChI=1S/C7H12N2.C6H9NS/c1-6(8)7-4-3-5-9(7)2;1-5(7)6-2-3-8-4-6/h3-6H,8H2,1-2H3;2-5H,7H2,1H3. The van der Waals surface area contributed by atoms with Gasteiger partial charge in [0.15, 0.2) is 0 Å². The molecule has 0 aliphatic heterocycles. The smallest absolute Gasteiger partial charge is 0.0421 e. The van der Waals surface area contributed by atoms with Gasteiger partial charge >= 0.3 is 0 Å². The van der Waals surface area contributed by atoms with E-state index < -0.39 is 0 Å². The summed E-state index contributed by atoms with van der Waals surface area (Å²) in [7, 11) is 2.00. The summed E-state index contributed by atoms with van der Waals surface area (Å²) in [6, 6.07) is 6.42. The average Bonchev–Trinajstić information content (AvgIpc) is 2.87. The first-order valence-corrected chi connectivity index (χ1v) is 6.61. The van der Waals surface area contributed by atoms with E-state index in [9.17, 15) is 0 Å². The van der Waals surface area contributed by atoms with Crippen molar-refractivity contribution < 1.29 is 0 Å². The molecule has 2 unspecified atom stereocenters. The van der Waals surface area contributed by atoms with Crippen LogP contribution in [0.4, 0.5) is 0 Å². The SMILES string of the molecule is CC(N)c1cccn1C.CC(N)c1ccsc1. The molecule has 2 rings (SSSR count). The highest BCUT2D eigenvalue weighted by atomic mass is 32.1. The van der Waals surface area contributed by atoms with Gasteiger partial charge < -0.3 is 16.0 Å². The first-order chi connectivity index (χ1) is 8.02. The van der Waals surface area contributed by atoms with Crippen LogP contribution in [0.15, 0.2) is 35.2 Å². The topological polar surface area (TPSA) is 57.0 Å². The largest absolute Gasteiger partial charge is 0.353 e. The van der Waals surface area contributed by atoms with Gasteiger partial charge in [0.2, 0.25) is 0 Å². The van der Waals surface area contributed by atoms with E-state index in [1.165, 1.54) is 11.3 Å². The number of nitrogens with two attached hydrogens (primary N) is 2. The first-order valence-electron chi connectivity index (χ1n) is 5.67. The predicted octanol–water partition coefficient (Wildman–Crippen LogP) is 2.81. The third-order valence-corrected chi connectivity index (χ3v) is 3.22. The molecule has 0 aliphatic rings. The third-order valence-electron chi connectivity index (χ3n) is 2.52. The zero-order valence-electron chi connectivity index (χ0n) is 10.6. The second kappa shape index (κ2) is 6.59. The summed E-state index contributed by atoms with van der Waals surface area (Å²) in [5, 5.41) is 4.11. The lowest BCUT2D eigenvalue weighted by Gasteiger charge is -2.05. The minimum atomic E-state index is 0.144. The number of hydrogen-bond donors (Lipinski definition) is 2. The monoisotopic (exact) mass is 251 g/mol. The molecule has 0 bridgehead atoms. The second-order valence-electron chi connectivity index (χ2n) is 4.18. The Morgan fingerprint density at radius 3 is 2.12 bits per heavy atom. The van der Waals surface area contributed by atoms with Crippen molar-refractivity contribution in [3.05, 3.63) is 46.4 Å². The fraction of sp³-hybridized carbons (Fsp3) is 0.385. The van der Waals surface area contributed by atoms with Crippen molar-refractivity contribution in [3.8, 4) is 0 Å². The lowest BCUT2D eigenvalue weighted by Crippen LogP contribution is -2.08. The van der Waals surface area contributed by atoms with E-state index in [0.29, 0.717) is 0 Å². The van der Waals surface area contributed by atoms with Crippen LogP contribution >= 0.6 is 11.3 Å². The van der Waals surface area contributed by atoms with Crippen LogP contribution < -0.4 is 11.5 Å². The molecule has 2 aromatic heterocycles. The zero-order valence-corrected chi connectivity index (χ0v) is 11.4. The van der Waals surface area contributed by atoms with Gasteiger partial charge in [-0.05, 0) is 48.4 Å². The highest BCUT2D eigenvalue weighted by Crippen LogP contribution is 2.12.